The summed E-state index contributed by atoms with van der Waals surface area (Å²) < 4.78 is 0. The summed E-state index contributed by atoms with van der Waals surface area (Å²) in [6.45, 7) is 6.30. The zero-order chi connectivity index (χ0) is 15.6. The number of carbonyl (C=O) groups excluding carboxylic acids is 1. The Morgan fingerprint density at radius 1 is 1.10 bits per heavy atom. The minimum Gasteiger partial charge on any atom is -0.480 e. The monoisotopic (exact) mass is 297 g/mol. The van der Waals surface area contributed by atoms with E-state index >= 15 is 0 Å². The van der Waals surface area contributed by atoms with E-state index in [1.807, 2.05) is 0 Å². The molecule has 0 bridgehead atoms. The molecule has 6 nitrogen and oxygen atoms in total. The lowest BCUT2D eigenvalue weighted by Gasteiger charge is -2.41. The molecular formula is C15H27N3O3. The highest BCUT2D eigenvalue weighted by Gasteiger charge is 2.38. The molecule has 0 radical (unpaired) electrons. The van der Waals surface area contributed by atoms with E-state index in [2.05, 4.69) is 4.90 Å². The number of rotatable bonds is 3. The normalized spacial score (nSPS) is 21.6. The SMILES string of the molecule is CN(C(=O)N1CCN(C2CCCC2)CC1)C(C)(C)C(=O)O. The van der Waals surface area contributed by atoms with Crippen LogP contribution in [0.4, 0.5) is 4.79 Å². The second-order valence-corrected chi connectivity index (χ2v) is 6.67. The summed E-state index contributed by atoms with van der Waals surface area (Å²) in [6, 6.07) is 0.504. The molecular weight excluding hydrogens is 270 g/mol. The highest BCUT2D eigenvalue weighted by molar-refractivity contribution is 5.85. The van der Waals surface area contributed by atoms with Gasteiger partial charge < -0.3 is 14.9 Å². The van der Waals surface area contributed by atoms with Crippen molar-refractivity contribution in [3.05, 3.63) is 0 Å². The van der Waals surface area contributed by atoms with Gasteiger partial charge in [0.2, 0.25) is 0 Å². The van der Waals surface area contributed by atoms with Crippen molar-refractivity contribution in [3.63, 3.8) is 0 Å². The van der Waals surface area contributed by atoms with Crippen LogP contribution in [0.5, 0.6) is 0 Å². The average molecular weight is 297 g/mol. The van der Waals surface area contributed by atoms with Gasteiger partial charge in [-0.3, -0.25) is 4.90 Å². The number of carboxylic acid groups (broad SMARTS) is 1. The van der Waals surface area contributed by atoms with Gasteiger partial charge in [-0.05, 0) is 26.7 Å². The molecule has 6 heteroatoms. The standard InChI is InChI=1S/C15H27N3O3/c1-15(2,13(19)20)16(3)14(21)18-10-8-17(9-11-18)12-6-4-5-7-12/h12H,4-11H2,1-3H3,(H,19,20). The Bertz CT molecular complexity index is 397. The highest BCUT2D eigenvalue weighted by Crippen LogP contribution is 2.24. The van der Waals surface area contributed by atoms with Gasteiger partial charge in [0, 0.05) is 39.3 Å². The van der Waals surface area contributed by atoms with Gasteiger partial charge in [0.25, 0.3) is 0 Å². The van der Waals surface area contributed by atoms with Gasteiger partial charge in [-0.2, -0.15) is 0 Å². The molecule has 1 saturated heterocycles. The van der Waals surface area contributed by atoms with Crippen molar-refractivity contribution in [2.75, 3.05) is 33.2 Å². The summed E-state index contributed by atoms with van der Waals surface area (Å²) in [5.74, 6) is -0.983. The van der Waals surface area contributed by atoms with Gasteiger partial charge in [-0.15, -0.1) is 0 Å². The smallest absolute Gasteiger partial charge is 0.329 e. The van der Waals surface area contributed by atoms with Crippen LogP contribution in [0, 0.1) is 0 Å². The van der Waals surface area contributed by atoms with Crippen molar-refractivity contribution >= 4 is 12.0 Å². The molecule has 2 amide bonds. The topological polar surface area (TPSA) is 64.1 Å². The molecule has 120 valence electrons. The molecule has 1 heterocycles. The number of aliphatic carboxylic acids is 1. The number of nitrogens with zero attached hydrogens (tertiary/aromatic N) is 3. The van der Waals surface area contributed by atoms with Crippen LogP contribution in [0.2, 0.25) is 0 Å². The Morgan fingerprint density at radius 2 is 1.62 bits per heavy atom. The molecule has 1 aliphatic carbocycles. The summed E-state index contributed by atoms with van der Waals surface area (Å²) in [5, 5.41) is 9.22. The molecule has 0 aromatic heterocycles. The second kappa shape index (κ2) is 6.22. The second-order valence-electron chi connectivity index (χ2n) is 6.67. The van der Waals surface area contributed by atoms with Crippen molar-refractivity contribution in [1.82, 2.24) is 14.7 Å². The van der Waals surface area contributed by atoms with Crippen LogP contribution < -0.4 is 0 Å². The van der Waals surface area contributed by atoms with E-state index in [1.54, 1.807) is 25.8 Å². The van der Waals surface area contributed by atoms with E-state index in [4.69, 9.17) is 0 Å². The summed E-state index contributed by atoms with van der Waals surface area (Å²) in [6.07, 6.45) is 5.19. The third-order valence-corrected chi connectivity index (χ3v) is 5.07. The molecule has 0 aromatic carbocycles. The predicted molar refractivity (Wildman–Crippen MR) is 80.3 cm³/mol. The molecule has 2 rings (SSSR count). The Balaban J connectivity index is 1.89. The van der Waals surface area contributed by atoms with E-state index in [9.17, 15) is 14.7 Å². The van der Waals surface area contributed by atoms with Crippen LogP contribution in [0.3, 0.4) is 0 Å². The molecule has 0 unspecified atom stereocenters. The molecule has 2 fully saturated rings. The average Bonchev–Trinajstić information content (AvgIpc) is 3.00. The number of carbonyl (C=O) groups is 2. The zero-order valence-corrected chi connectivity index (χ0v) is 13.3. The van der Waals surface area contributed by atoms with Crippen LogP contribution >= 0.6 is 0 Å². The van der Waals surface area contributed by atoms with Crippen molar-refractivity contribution in [2.45, 2.75) is 51.1 Å². The number of likely N-dealkylation sites (N-methyl/N-ethyl adjacent to an activating group) is 1. The number of hydrogen-bond acceptors (Lipinski definition) is 3. The summed E-state index contributed by atoms with van der Waals surface area (Å²) in [5.41, 5.74) is -1.18. The Labute approximate surface area is 126 Å². The lowest BCUT2D eigenvalue weighted by atomic mass is 10.0. The van der Waals surface area contributed by atoms with Crippen molar-refractivity contribution in [2.24, 2.45) is 0 Å². The fourth-order valence-electron chi connectivity index (χ4n) is 3.14. The van der Waals surface area contributed by atoms with E-state index in [-0.39, 0.29) is 6.03 Å². The maximum atomic E-state index is 12.4. The lowest BCUT2D eigenvalue weighted by Crippen LogP contribution is -2.59. The Hall–Kier alpha value is -1.30. The third kappa shape index (κ3) is 3.31. The predicted octanol–water partition coefficient (Wildman–Crippen LogP) is 1.46. The molecule has 1 aliphatic heterocycles. The summed E-state index contributed by atoms with van der Waals surface area (Å²) >= 11 is 0. The number of amides is 2. The molecule has 2 aliphatic rings. The van der Waals surface area contributed by atoms with Crippen LogP contribution in [0.1, 0.15) is 39.5 Å². The quantitative estimate of drug-likeness (QED) is 0.856. The van der Waals surface area contributed by atoms with E-state index in [1.165, 1.54) is 30.6 Å². The van der Waals surface area contributed by atoms with Crippen LogP contribution in [-0.4, -0.2) is 76.6 Å². The van der Waals surface area contributed by atoms with E-state index < -0.39 is 11.5 Å². The van der Waals surface area contributed by atoms with Crippen LogP contribution in [-0.2, 0) is 4.79 Å². The first-order valence-corrected chi connectivity index (χ1v) is 7.84. The molecule has 1 saturated carbocycles. The number of piperazine rings is 1. The molecule has 0 atom stereocenters. The first-order chi connectivity index (χ1) is 9.84. The minimum absolute atomic E-state index is 0.187. The zero-order valence-electron chi connectivity index (χ0n) is 13.3. The van der Waals surface area contributed by atoms with Gasteiger partial charge in [-0.1, -0.05) is 12.8 Å². The van der Waals surface area contributed by atoms with Crippen molar-refractivity contribution in [3.8, 4) is 0 Å². The Kier molecular flexibility index (Phi) is 4.76. The van der Waals surface area contributed by atoms with Gasteiger partial charge >= 0.3 is 12.0 Å². The van der Waals surface area contributed by atoms with Gasteiger partial charge in [0.05, 0.1) is 0 Å². The number of urea groups is 1. The summed E-state index contributed by atoms with van der Waals surface area (Å²) in [4.78, 5) is 29.3. The summed E-state index contributed by atoms with van der Waals surface area (Å²) in [7, 11) is 1.57. The van der Waals surface area contributed by atoms with Crippen molar-refractivity contribution in [1.29, 1.82) is 0 Å². The highest BCUT2D eigenvalue weighted by atomic mass is 16.4. The van der Waals surface area contributed by atoms with Crippen molar-refractivity contribution < 1.29 is 14.7 Å². The third-order valence-electron chi connectivity index (χ3n) is 5.07. The fraction of sp³-hybridized carbons (Fsp3) is 0.867. The molecule has 0 spiro atoms. The van der Waals surface area contributed by atoms with E-state index in [0.717, 1.165) is 13.1 Å². The van der Waals surface area contributed by atoms with Crippen LogP contribution in [0.25, 0.3) is 0 Å². The maximum absolute atomic E-state index is 12.4. The molecule has 21 heavy (non-hydrogen) atoms. The van der Waals surface area contributed by atoms with Crippen LogP contribution in [0.15, 0.2) is 0 Å². The number of hydrogen-bond donors (Lipinski definition) is 1. The first-order valence-electron chi connectivity index (χ1n) is 7.84. The fourth-order valence-corrected chi connectivity index (χ4v) is 3.14. The Morgan fingerprint density at radius 3 is 2.10 bits per heavy atom. The van der Waals surface area contributed by atoms with Gasteiger partial charge in [-0.25, -0.2) is 9.59 Å². The van der Waals surface area contributed by atoms with Gasteiger partial charge in [0.1, 0.15) is 5.54 Å². The molecule has 0 aromatic rings. The van der Waals surface area contributed by atoms with E-state index in [0.29, 0.717) is 19.1 Å². The first kappa shape index (κ1) is 16.1. The largest absolute Gasteiger partial charge is 0.480 e. The molecule has 1 N–H and O–H groups in total. The maximum Gasteiger partial charge on any atom is 0.329 e. The lowest BCUT2D eigenvalue weighted by molar-refractivity contribution is -0.147. The minimum atomic E-state index is -1.18. The van der Waals surface area contributed by atoms with Gasteiger partial charge in [0.15, 0.2) is 0 Å². The number of carboxylic acids is 1.